The molecule has 2 atom stereocenters. The maximum atomic E-state index is 5.79. The van der Waals surface area contributed by atoms with Gasteiger partial charge in [0.1, 0.15) is 0 Å². The predicted molar refractivity (Wildman–Crippen MR) is 55.7 cm³/mol. The van der Waals surface area contributed by atoms with Crippen molar-refractivity contribution in [3.8, 4) is 0 Å². The average molecular weight is 210 g/mol. The monoisotopic (exact) mass is 210 g/mol. The molecule has 76 valence electrons. The molecule has 0 amide bonds. The van der Waals surface area contributed by atoms with E-state index in [9.17, 15) is 0 Å². The lowest BCUT2D eigenvalue weighted by Gasteiger charge is -2.19. The molecule has 1 saturated carbocycles. The second kappa shape index (κ2) is 3.21. The van der Waals surface area contributed by atoms with E-state index in [1.165, 1.54) is 12.8 Å². The van der Waals surface area contributed by atoms with Crippen molar-refractivity contribution in [3.63, 3.8) is 0 Å². The summed E-state index contributed by atoms with van der Waals surface area (Å²) in [6.07, 6.45) is 8.13. The van der Waals surface area contributed by atoms with Gasteiger partial charge in [-0.3, -0.25) is 0 Å². The average Bonchev–Trinajstić information content (AvgIpc) is 2.75. The minimum atomic E-state index is 0.414. The molecule has 1 saturated heterocycles. The summed E-state index contributed by atoms with van der Waals surface area (Å²) in [5.74, 6) is 0.791. The molecule has 0 bridgehead atoms. The fraction of sp³-hybridized carbons (Fsp3) is 0.700. The van der Waals surface area contributed by atoms with Crippen molar-refractivity contribution in [1.82, 2.24) is 9.55 Å². The first kappa shape index (κ1) is 8.68. The van der Waals surface area contributed by atoms with Crippen molar-refractivity contribution >= 4 is 12.2 Å². The van der Waals surface area contributed by atoms with Gasteiger partial charge in [0.25, 0.3) is 0 Å². The molecule has 2 aliphatic rings. The third-order valence-corrected chi connectivity index (χ3v) is 3.55. The number of hydrogen-bond donors (Lipinski definition) is 1. The van der Waals surface area contributed by atoms with Crippen LogP contribution in [0.2, 0.25) is 0 Å². The highest BCUT2D eigenvalue weighted by molar-refractivity contribution is 7.71. The maximum absolute atomic E-state index is 5.79. The smallest absolute Gasteiger partial charge is 0.177 e. The van der Waals surface area contributed by atoms with Gasteiger partial charge in [0.05, 0.1) is 12.1 Å². The molecule has 3 nitrogen and oxygen atoms in total. The quantitative estimate of drug-likeness (QED) is 0.759. The van der Waals surface area contributed by atoms with Crippen LogP contribution in [-0.4, -0.2) is 22.3 Å². The van der Waals surface area contributed by atoms with Crippen LogP contribution in [0.4, 0.5) is 0 Å². The van der Waals surface area contributed by atoms with Gasteiger partial charge in [0.2, 0.25) is 0 Å². The summed E-state index contributed by atoms with van der Waals surface area (Å²) in [5, 5.41) is 0. The number of aromatic nitrogens is 2. The fourth-order valence-electron chi connectivity index (χ4n) is 2.36. The van der Waals surface area contributed by atoms with Crippen molar-refractivity contribution in [1.29, 1.82) is 0 Å². The Bertz CT molecular complexity index is 379. The number of nitrogens with one attached hydrogen (secondary N) is 1. The first-order valence-electron chi connectivity index (χ1n) is 5.23. The summed E-state index contributed by atoms with van der Waals surface area (Å²) < 4.78 is 8.77. The van der Waals surface area contributed by atoms with E-state index in [0.717, 1.165) is 23.7 Å². The van der Waals surface area contributed by atoms with E-state index >= 15 is 0 Å². The maximum Gasteiger partial charge on any atom is 0.177 e. The molecule has 14 heavy (non-hydrogen) atoms. The van der Waals surface area contributed by atoms with Crippen LogP contribution in [0.3, 0.4) is 0 Å². The molecule has 1 aromatic rings. The highest BCUT2D eigenvalue weighted by atomic mass is 32.1. The number of imidazole rings is 1. The third kappa shape index (κ3) is 1.33. The van der Waals surface area contributed by atoms with Gasteiger partial charge in [0.15, 0.2) is 4.77 Å². The largest absolute Gasteiger partial charge is 0.376 e. The van der Waals surface area contributed by atoms with Crippen LogP contribution in [0.5, 0.6) is 0 Å². The Hall–Kier alpha value is -0.610. The molecule has 3 rings (SSSR count). The molecule has 2 heterocycles. The van der Waals surface area contributed by atoms with Gasteiger partial charge in [-0.2, -0.15) is 0 Å². The summed E-state index contributed by atoms with van der Waals surface area (Å²) in [7, 11) is 0. The standard InChI is InChI=1S/C10H14N2OS/c14-10-11-4-5-12(10)8-3-6-13-9(8)7-1-2-7/h4-5,7-9H,1-3,6H2,(H,11,14). The van der Waals surface area contributed by atoms with E-state index in [1.807, 2.05) is 12.4 Å². The summed E-state index contributed by atoms with van der Waals surface area (Å²) >= 11 is 5.23. The highest BCUT2D eigenvalue weighted by Gasteiger charge is 2.41. The van der Waals surface area contributed by atoms with Gasteiger partial charge < -0.3 is 14.3 Å². The molecule has 2 fully saturated rings. The highest BCUT2D eigenvalue weighted by Crippen LogP contribution is 2.43. The van der Waals surface area contributed by atoms with E-state index in [1.54, 1.807) is 0 Å². The number of ether oxygens (including phenoxy) is 1. The molecule has 1 N–H and O–H groups in total. The molecular formula is C10H14N2OS. The van der Waals surface area contributed by atoms with Gasteiger partial charge in [-0.25, -0.2) is 0 Å². The zero-order valence-electron chi connectivity index (χ0n) is 7.98. The van der Waals surface area contributed by atoms with Gasteiger partial charge in [-0.15, -0.1) is 0 Å². The van der Waals surface area contributed by atoms with Crippen LogP contribution in [0.15, 0.2) is 12.4 Å². The van der Waals surface area contributed by atoms with Gasteiger partial charge in [-0.1, -0.05) is 0 Å². The first-order chi connectivity index (χ1) is 6.86. The Morgan fingerprint density at radius 2 is 2.29 bits per heavy atom. The Morgan fingerprint density at radius 3 is 2.93 bits per heavy atom. The topological polar surface area (TPSA) is 29.9 Å². The molecule has 1 aliphatic carbocycles. The van der Waals surface area contributed by atoms with Gasteiger partial charge >= 0.3 is 0 Å². The number of aromatic amines is 1. The number of hydrogen-bond acceptors (Lipinski definition) is 2. The van der Waals surface area contributed by atoms with E-state index in [-0.39, 0.29) is 0 Å². The molecule has 2 unspecified atom stereocenters. The lowest BCUT2D eigenvalue weighted by molar-refractivity contribution is 0.0748. The summed E-state index contributed by atoms with van der Waals surface area (Å²) in [6.45, 7) is 0.888. The van der Waals surface area contributed by atoms with Crippen LogP contribution in [0.1, 0.15) is 25.3 Å². The third-order valence-electron chi connectivity index (χ3n) is 3.22. The summed E-state index contributed by atoms with van der Waals surface area (Å²) in [4.78, 5) is 3.05. The van der Waals surface area contributed by atoms with Gasteiger partial charge in [0, 0.05) is 19.0 Å². The SMILES string of the molecule is S=c1[nH]ccn1C1CCOC1C1CC1. The van der Waals surface area contributed by atoms with Crippen LogP contribution >= 0.6 is 12.2 Å². The van der Waals surface area contributed by atoms with Crippen LogP contribution in [-0.2, 0) is 4.74 Å². The van der Waals surface area contributed by atoms with E-state index in [4.69, 9.17) is 17.0 Å². The van der Waals surface area contributed by atoms with Gasteiger partial charge in [-0.05, 0) is 37.4 Å². The van der Waals surface area contributed by atoms with Crippen LogP contribution in [0.25, 0.3) is 0 Å². The molecular weight excluding hydrogens is 196 g/mol. The van der Waals surface area contributed by atoms with Crippen LogP contribution in [0, 0.1) is 10.7 Å². The number of H-pyrrole nitrogens is 1. The first-order valence-corrected chi connectivity index (χ1v) is 5.64. The van der Waals surface area contributed by atoms with Crippen molar-refractivity contribution in [2.45, 2.75) is 31.4 Å². The number of nitrogens with zero attached hydrogens (tertiary/aromatic N) is 1. The minimum Gasteiger partial charge on any atom is -0.376 e. The zero-order chi connectivity index (χ0) is 9.54. The molecule has 1 aliphatic heterocycles. The van der Waals surface area contributed by atoms with Crippen molar-refractivity contribution in [3.05, 3.63) is 17.2 Å². The molecule has 0 aromatic carbocycles. The van der Waals surface area contributed by atoms with E-state index < -0.39 is 0 Å². The van der Waals surface area contributed by atoms with Crippen molar-refractivity contribution < 1.29 is 4.74 Å². The Labute approximate surface area is 88.1 Å². The predicted octanol–water partition coefficient (Wildman–Crippen LogP) is 2.29. The Balaban J connectivity index is 1.90. The summed E-state index contributed by atoms with van der Waals surface area (Å²) in [6, 6.07) is 0.473. The van der Waals surface area contributed by atoms with E-state index in [2.05, 4.69) is 9.55 Å². The minimum absolute atomic E-state index is 0.414. The lowest BCUT2D eigenvalue weighted by atomic mass is 10.1. The van der Waals surface area contributed by atoms with Crippen molar-refractivity contribution in [2.24, 2.45) is 5.92 Å². The Morgan fingerprint density at radius 1 is 1.43 bits per heavy atom. The second-order valence-corrected chi connectivity index (χ2v) is 4.59. The number of rotatable bonds is 2. The normalized spacial score (nSPS) is 32.3. The molecule has 4 heteroatoms. The zero-order valence-corrected chi connectivity index (χ0v) is 8.80. The second-order valence-electron chi connectivity index (χ2n) is 4.20. The Kier molecular flexibility index (Phi) is 1.99. The molecule has 0 radical (unpaired) electrons. The molecule has 0 spiro atoms. The summed E-state index contributed by atoms with van der Waals surface area (Å²) in [5.41, 5.74) is 0. The van der Waals surface area contributed by atoms with Crippen LogP contribution < -0.4 is 0 Å². The lowest BCUT2D eigenvalue weighted by Crippen LogP contribution is -2.21. The molecule has 1 aromatic heterocycles. The van der Waals surface area contributed by atoms with Crippen molar-refractivity contribution in [2.75, 3.05) is 6.61 Å². The van der Waals surface area contributed by atoms with E-state index in [0.29, 0.717) is 12.1 Å². The fourth-order valence-corrected chi connectivity index (χ4v) is 2.63.